The summed E-state index contributed by atoms with van der Waals surface area (Å²) in [6.07, 6.45) is 6.71. The summed E-state index contributed by atoms with van der Waals surface area (Å²) in [7, 11) is 3.86. The third-order valence-corrected chi connectivity index (χ3v) is 4.02. The third kappa shape index (κ3) is 4.69. The summed E-state index contributed by atoms with van der Waals surface area (Å²) in [4.78, 5) is 18.3. The largest absolute Gasteiger partial charge is 0.363 e. The lowest BCUT2D eigenvalue weighted by molar-refractivity contribution is -0.116. The summed E-state index contributed by atoms with van der Waals surface area (Å²) < 4.78 is 1.88. The molecule has 0 radical (unpaired) electrons. The van der Waals surface area contributed by atoms with Gasteiger partial charge in [-0.25, -0.2) is 4.98 Å². The van der Waals surface area contributed by atoms with Crippen molar-refractivity contribution in [2.75, 3.05) is 24.3 Å². The Bertz CT molecular complexity index is 840. The van der Waals surface area contributed by atoms with E-state index in [9.17, 15) is 4.79 Å². The van der Waals surface area contributed by atoms with Crippen LogP contribution in [0.15, 0.2) is 61.1 Å². The van der Waals surface area contributed by atoms with Crippen LogP contribution >= 0.6 is 0 Å². The second-order valence-electron chi connectivity index (χ2n) is 6.31. The lowest BCUT2D eigenvalue weighted by atomic mass is 10.1. The van der Waals surface area contributed by atoms with Gasteiger partial charge >= 0.3 is 0 Å². The second kappa shape index (κ2) is 8.29. The Kier molecular flexibility index (Phi) is 5.63. The molecule has 1 aromatic carbocycles. The van der Waals surface area contributed by atoms with Crippen molar-refractivity contribution in [2.24, 2.45) is 0 Å². The fraction of sp³-hybridized carbons (Fsp3) is 0.250. The predicted octanol–water partition coefficient (Wildman–Crippen LogP) is 3.43. The van der Waals surface area contributed by atoms with Crippen LogP contribution in [-0.4, -0.2) is 34.8 Å². The fourth-order valence-electron chi connectivity index (χ4n) is 2.62. The molecule has 2 aromatic heterocycles. The van der Waals surface area contributed by atoms with Crippen molar-refractivity contribution in [1.29, 1.82) is 0 Å². The highest BCUT2D eigenvalue weighted by atomic mass is 16.1. The number of nitrogens with one attached hydrogen (secondary N) is 1. The molecule has 1 N–H and O–H groups in total. The number of carbonyl (C=O) groups excluding carboxylic acids is 1. The van der Waals surface area contributed by atoms with Gasteiger partial charge in [0.1, 0.15) is 5.82 Å². The van der Waals surface area contributed by atoms with Crippen LogP contribution in [0, 0.1) is 0 Å². The van der Waals surface area contributed by atoms with Crippen molar-refractivity contribution >= 4 is 17.4 Å². The van der Waals surface area contributed by atoms with Crippen molar-refractivity contribution in [3.05, 3.63) is 61.1 Å². The number of carbonyl (C=O) groups is 1. The molecule has 3 aromatic rings. The number of amides is 1. The minimum absolute atomic E-state index is 0.0140. The predicted molar refractivity (Wildman–Crippen MR) is 104 cm³/mol. The van der Waals surface area contributed by atoms with Gasteiger partial charge in [0.2, 0.25) is 5.91 Å². The number of nitrogens with zero attached hydrogens (tertiary/aromatic N) is 4. The second-order valence-corrected chi connectivity index (χ2v) is 6.31. The highest BCUT2D eigenvalue weighted by molar-refractivity contribution is 5.90. The lowest BCUT2D eigenvalue weighted by Gasteiger charge is -2.11. The minimum atomic E-state index is -0.0140. The zero-order valence-electron chi connectivity index (χ0n) is 15.1. The molecule has 0 fully saturated rings. The Morgan fingerprint density at radius 3 is 2.58 bits per heavy atom. The molecule has 0 saturated carbocycles. The molecular weight excluding hydrogens is 326 g/mol. The normalized spacial score (nSPS) is 10.5. The van der Waals surface area contributed by atoms with Crippen LogP contribution < -0.4 is 10.2 Å². The van der Waals surface area contributed by atoms with E-state index < -0.39 is 0 Å². The minimum Gasteiger partial charge on any atom is -0.363 e. The number of hydrogen-bond acceptors (Lipinski definition) is 4. The smallest absolute Gasteiger partial charge is 0.224 e. The maximum Gasteiger partial charge on any atom is 0.224 e. The molecule has 0 aliphatic heterocycles. The van der Waals surface area contributed by atoms with Crippen molar-refractivity contribution in [3.8, 4) is 11.1 Å². The van der Waals surface area contributed by atoms with E-state index in [1.165, 1.54) is 0 Å². The average molecular weight is 349 g/mol. The van der Waals surface area contributed by atoms with Crippen LogP contribution in [0.1, 0.15) is 12.8 Å². The number of rotatable bonds is 7. The number of hydrogen-bond donors (Lipinski definition) is 1. The van der Waals surface area contributed by atoms with Gasteiger partial charge in [0.05, 0.1) is 18.1 Å². The molecule has 0 bridgehead atoms. The van der Waals surface area contributed by atoms with Gasteiger partial charge in [0.25, 0.3) is 0 Å². The van der Waals surface area contributed by atoms with Gasteiger partial charge in [-0.05, 0) is 24.1 Å². The van der Waals surface area contributed by atoms with E-state index in [2.05, 4.69) is 27.5 Å². The standard InChI is InChI=1S/C20H23N5O/c1-24(2)19-11-10-18(14-21-19)23-20(26)9-6-12-25-15-17(13-22-25)16-7-4-3-5-8-16/h3-5,7-8,10-11,13-15H,6,9,12H2,1-2H3,(H,23,26). The molecule has 134 valence electrons. The van der Waals surface area contributed by atoms with Crippen LogP contribution in [0.5, 0.6) is 0 Å². The van der Waals surface area contributed by atoms with Crippen molar-refractivity contribution in [3.63, 3.8) is 0 Å². The number of pyridine rings is 1. The number of aryl methyl sites for hydroxylation is 1. The maximum atomic E-state index is 12.1. The molecule has 1 amide bonds. The summed E-state index contributed by atoms with van der Waals surface area (Å²) in [6, 6.07) is 13.9. The van der Waals surface area contributed by atoms with E-state index in [1.807, 2.05) is 66.4 Å². The van der Waals surface area contributed by atoms with E-state index in [0.29, 0.717) is 18.7 Å². The van der Waals surface area contributed by atoms with Crippen LogP contribution in [-0.2, 0) is 11.3 Å². The first-order valence-electron chi connectivity index (χ1n) is 8.63. The Hall–Kier alpha value is -3.15. The van der Waals surface area contributed by atoms with Gasteiger partial charge in [0, 0.05) is 38.8 Å². The molecule has 0 aliphatic rings. The van der Waals surface area contributed by atoms with Gasteiger partial charge < -0.3 is 10.2 Å². The monoisotopic (exact) mass is 349 g/mol. The number of aromatic nitrogens is 3. The van der Waals surface area contributed by atoms with Gasteiger partial charge in [-0.2, -0.15) is 5.10 Å². The summed E-state index contributed by atoms with van der Waals surface area (Å²) in [6.45, 7) is 0.706. The molecule has 26 heavy (non-hydrogen) atoms. The first-order chi connectivity index (χ1) is 12.6. The molecule has 0 spiro atoms. The molecule has 6 heteroatoms. The van der Waals surface area contributed by atoms with Crippen LogP contribution in [0.2, 0.25) is 0 Å². The van der Waals surface area contributed by atoms with E-state index in [1.54, 1.807) is 6.20 Å². The average Bonchev–Trinajstić information content (AvgIpc) is 3.12. The molecule has 0 unspecified atom stereocenters. The summed E-state index contributed by atoms with van der Waals surface area (Å²) >= 11 is 0. The quantitative estimate of drug-likeness (QED) is 0.710. The van der Waals surface area contributed by atoms with E-state index >= 15 is 0 Å². The highest BCUT2D eigenvalue weighted by Gasteiger charge is 2.05. The van der Waals surface area contributed by atoms with Crippen molar-refractivity contribution < 1.29 is 4.79 Å². The lowest BCUT2D eigenvalue weighted by Crippen LogP contribution is -2.14. The number of benzene rings is 1. The SMILES string of the molecule is CN(C)c1ccc(NC(=O)CCCn2cc(-c3ccccc3)cn2)cn1. The van der Waals surface area contributed by atoms with E-state index in [4.69, 9.17) is 0 Å². The number of anilines is 2. The summed E-state index contributed by atoms with van der Waals surface area (Å²) in [5.74, 6) is 0.843. The van der Waals surface area contributed by atoms with Gasteiger partial charge in [0.15, 0.2) is 0 Å². The fourth-order valence-corrected chi connectivity index (χ4v) is 2.62. The molecule has 0 atom stereocenters. The summed E-state index contributed by atoms with van der Waals surface area (Å²) in [5, 5.41) is 7.25. The molecule has 2 heterocycles. The van der Waals surface area contributed by atoms with Gasteiger partial charge in [-0.15, -0.1) is 0 Å². The van der Waals surface area contributed by atoms with Gasteiger partial charge in [-0.3, -0.25) is 9.48 Å². The van der Waals surface area contributed by atoms with E-state index in [-0.39, 0.29) is 5.91 Å². The third-order valence-electron chi connectivity index (χ3n) is 4.02. The molecule has 0 aliphatic carbocycles. The highest BCUT2D eigenvalue weighted by Crippen LogP contribution is 2.18. The van der Waals surface area contributed by atoms with Crippen LogP contribution in [0.3, 0.4) is 0 Å². The van der Waals surface area contributed by atoms with Gasteiger partial charge in [-0.1, -0.05) is 30.3 Å². The molecule has 3 rings (SSSR count). The zero-order valence-corrected chi connectivity index (χ0v) is 15.1. The summed E-state index contributed by atoms with van der Waals surface area (Å²) in [5.41, 5.74) is 2.94. The Morgan fingerprint density at radius 2 is 1.88 bits per heavy atom. The van der Waals surface area contributed by atoms with E-state index in [0.717, 1.165) is 23.4 Å². The van der Waals surface area contributed by atoms with Crippen molar-refractivity contribution in [1.82, 2.24) is 14.8 Å². The molecule has 0 saturated heterocycles. The Balaban J connectivity index is 1.46. The van der Waals surface area contributed by atoms with Crippen LogP contribution in [0.4, 0.5) is 11.5 Å². The Morgan fingerprint density at radius 1 is 1.08 bits per heavy atom. The van der Waals surface area contributed by atoms with Crippen molar-refractivity contribution in [2.45, 2.75) is 19.4 Å². The first kappa shape index (κ1) is 17.7. The topological polar surface area (TPSA) is 63.1 Å². The Labute approximate surface area is 153 Å². The molecule has 6 nitrogen and oxygen atoms in total. The van der Waals surface area contributed by atoms with Crippen LogP contribution in [0.25, 0.3) is 11.1 Å². The molecular formula is C20H23N5O. The zero-order chi connectivity index (χ0) is 18.4. The first-order valence-corrected chi connectivity index (χ1v) is 8.63. The maximum absolute atomic E-state index is 12.1.